The minimum absolute atomic E-state index is 0.264. The molecule has 1 N–H and O–H groups in total. The average Bonchev–Trinajstić information content (AvgIpc) is 2.83. The van der Waals surface area contributed by atoms with E-state index in [1.54, 1.807) is 30.6 Å². The number of thiophene rings is 1. The fraction of sp³-hybridized carbons (Fsp3) is 0.0833. The maximum atomic E-state index is 11.7. The minimum atomic E-state index is -0.264. The van der Waals surface area contributed by atoms with E-state index >= 15 is 0 Å². The monoisotopic (exact) mass is 279 g/mol. The minimum Gasteiger partial charge on any atom is -0.267 e. The normalized spacial score (nSPS) is 11.3. The van der Waals surface area contributed by atoms with E-state index in [1.165, 1.54) is 11.3 Å². The Morgan fingerprint density at radius 3 is 2.67 bits per heavy atom. The zero-order chi connectivity index (χ0) is 13.0. The summed E-state index contributed by atoms with van der Waals surface area (Å²) < 4.78 is 0.694. The third kappa shape index (κ3) is 3.15. The van der Waals surface area contributed by atoms with E-state index in [-0.39, 0.29) is 5.91 Å². The van der Waals surface area contributed by atoms with Gasteiger partial charge in [-0.15, -0.1) is 11.3 Å². The standard InChI is InChI=1S/C12H10ClN3OS/c1-8(10-2-3-11(13)18-10)15-16-12(17)9-4-6-14-7-5-9/h2-7H,1H3,(H,16,17). The van der Waals surface area contributed by atoms with Crippen LogP contribution < -0.4 is 5.43 Å². The molecule has 18 heavy (non-hydrogen) atoms. The van der Waals surface area contributed by atoms with Gasteiger partial charge in [0.25, 0.3) is 5.91 Å². The van der Waals surface area contributed by atoms with Gasteiger partial charge >= 0.3 is 0 Å². The van der Waals surface area contributed by atoms with Crippen LogP contribution in [0.25, 0.3) is 0 Å². The first-order valence-electron chi connectivity index (χ1n) is 5.17. The van der Waals surface area contributed by atoms with Crippen LogP contribution in [0.4, 0.5) is 0 Å². The van der Waals surface area contributed by atoms with Crippen LogP contribution in [-0.4, -0.2) is 16.6 Å². The number of halogens is 1. The highest BCUT2D eigenvalue weighted by atomic mass is 35.5. The molecule has 2 aromatic rings. The maximum Gasteiger partial charge on any atom is 0.271 e. The molecule has 0 aliphatic rings. The molecule has 2 aromatic heterocycles. The Morgan fingerprint density at radius 1 is 1.33 bits per heavy atom. The van der Waals surface area contributed by atoms with Gasteiger partial charge in [0.2, 0.25) is 0 Å². The van der Waals surface area contributed by atoms with Crippen molar-refractivity contribution in [1.82, 2.24) is 10.4 Å². The van der Waals surface area contributed by atoms with Crippen LogP contribution in [0.15, 0.2) is 41.8 Å². The highest BCUT2D eigenvalue weighted by molar-refractivity contribution is 7.18. The van der Waals surface area contributed by atoms with E-state index in [4.69, 9.17) is 11.6 Å². The van der Waals surface area contributed by atoms with Gasteiger partial charge in [-0.05, 0) is 31.2 Å². The summed E-state index contributed by atoms with van der Waals surface area (Å²) >= 11 is 7.25. The molecule has 92 valence electrons. The van der Waals surface area contributed by atoms with E-state index < -0.39 is 0 Å². The fourth-order valence-corrected chi connectivity index (χ4v) is 2.25. The molecule has 0 fully saturated rings. The highest BCUT2D eigenvalue weighted by Gasteiger charge is 2.05. The number of rotatable bonds is 3. The summed E-state index contributed by atoms with van der Waals surface area (Å²) in [5, 5.41) is 4.03. The highest BCUT2D eigenvalue weighted by Crippen LogP contribution is 2.21. The number of pyridine rings is 1. The number of amides is 1. The van der Waals surface area contributed by atoms with E-state index in [9.17, 15) is 4.79 Å². The quantitative estimate of drug-likeness (QED) is 0.694. The van der Waals surface area contributed by atoms with Crippen molar-refractivity contribution in [3.05, 3.63) is 51.4 Å². The van der Waals surface area contributed by atoms with E-state index in [2.05, 4.69) is 15.5 Å². The Bertz CT molecular complexity index is 580. The molecule has 0 saturated carbocycles. The number of carbonyl (C=O) groups excluding carboxylic acids is 1. The molecule has 2 heterocycles. The first-order chi connectivity index (χ1) is 8.66. The molecule has 0 aromatic carbocycles. The summed E-state index contributed by atoms with van der Waals surface area (Å²) in [6.07, 6.45) is 3.12. The molecule has 0 radical (unpaired) electrons. The second kappa shape index (κ2) is 5.75. The number of nitrogens with one attached hydrogen (secondary N) is 1. The largest absolute Gasteiger partial charge is 0.271 e. The van der Waals surface area contributed by atoms with Crippen LogP contribution in [0.2, 0.25) is 4.34 Å². The molecule has 0 unspecified atom stereocenters. The van der Waals surface area contributed by atoms with Gasteiger partial charge in [0, 0.05) is 18.0 Å². The van der Waals surface area contributed by atoms with Crippen molar-refractivity contribution >= 4 is 34.6 Å². The van der Waals surface area contributed by atoms with Crippen LogP contribution in [-0.2, 0) is 0 Å². The van der Waals surface area contributed by atoms with Crippen LogP contribution in [0, 0.1) is 0 Å². The molecule has 1 amide bonds. The van der Waals surface area contributed by atoms with Gasteiger partial charge < -0.3 is 0 Å². The number of carbonyl (C=O) groups is 1. The summed E-state index contributed by atoms with van der Waals surface area (Å²) in [6, 6.07) is 6.92. The van der Waals surface area contributed by atoms with Gasteiger partial charge in [0.15, 0.2) is 0 Å². The molecule has 0 atom stereocenters. The molecule has 0 bridgehead atoms. The second-order valence-corrected chi connectivity index (χ2v) is 5.19. The molecule has 4 nitrogen and oxygen atoms in total. The summed E-state index contributed by atoms with van der Waals surface area (Å²) in [6.45, 7) is 1.81. The molecule has 6 heteroatoms. The van der Waals surface area contributed by atoms with Crippen molar-refractivity contribution in [2.45, 2.75) is 6.92 Å². The number of hydrazone groups is 1. The smallest absolute Gasteiger partial charge is 0.267 e. The van der Waals surface area contributed by atoms with Gasteiger partial charge in [0.05, 0.1) is 14.9 Å². The molecular weight excluding hydrogens is 270 g/mol. The van der Waals surface area contributed by atoms with E-state index in [0.29, 0.717) is 15.6 Å². The lowest BCUT2D eigenvalue weighted by Gasteiger charge is -2.00. The zero-order valence-corrected chi connectivity index (χ0v) is 11.1. The molecule has 2 rings (SSSR count). The van der Waals surface area contributed by atoms with Crippen molar-refractivity contribution in [2.24, 2.45) is 5.10 Å². The number of aromatic nitrogens is 1. The lowest BCUT2D eigenvalue weighted by atomic mass is 10.3. The molecule has 0 spiro atoms. The van der Waals surface area contributed by atoms with Crippen molar-refractivity contribution in [2.75, 3.05) is 0 Å². The summed E-state index contributed by atoms with van der Waals surface area (Å²) in [5.74, 6) is -0.264. The predicted octanol–water partition coefficient (Wildman–Crippen LogP) is 2.95. The van der Waals surface area contributed by atoms with Crippen molar-refractivity contribution in [3.8, 4) is 0 Å². The second-order valence-electron chi connectivity index (χ2n) is 3.48. The van der Waals surface area contributed by atoms with Crippen LogP contribution >= 0.6 is 22.9 Å². The summed E-state index contributed by atoms with van der Waals surface area (Å²) in [4.78, 5) is 16.5. The van der Waals surface area contributed by atoms with Gasteiger partial charge in [-0.25, -0.2) is 5.43 Å². The van der Waals surface area contributed by atoms with Gasteiger partial charge in [-0.3, -0.25) is 9.78 Å². The van der Waals surface area contributed by atoms with Crippen LogP contribution in [0.3, 0.4) is 0 Å². The average molecular weight is 280 g/mol. The Labute approximate surface area is 113 Å². The van der Waals surface area contributed by atoms with Crippen molar-refractivity contribution in [1.29, 1.82) is 0 Å². The topological polar surface area (TPSA) is 54.4 Å². The SMILES string of the molecule is CC(=NNC(=O)c1ccncc1)c1ccc(Cl)s1. The first-order valence-corrected chi connectivity index (χ1v) is 6.36. The van der Waals surface area contributed by atoms with E-state index in [1.807, 2.05) is 13.0 Å². The summed E-state index contributed by atoms with van der Waals surface area (Å²) in [5.41, 5.74) is 3.73. The third-order valence-corrected chi connectivity index (χ3v) is 3.54. The summed E-state index contributed by atoms with van der Waals surface area (Å²) in [7, 11) is 0. The van der Waals surface area contributed by atoms with E-state index in [0.717, 1.165) is 4.88 Å². The van der Waals surface area contributed by atoms with Crippen molar-refractivity contribution < 1.29 is 4.79 Å². The maximum absolute atomic E-state index is 11.7. The fourth-order valence-electron chi connectivity index (χ4n) is 1.27. The third-order valence-electron chi connectivity index (χ3n) is 2.20. The lowest BCUT2D eigenvalue weighted by Crippen LogP contribution is -2.19. The first kappa shape index (κ1) is 12.7. The molecule has 0 aliphatic carbocycles. The van der Waals surface area contributed by atoms with Crippen LogP contribution in [0.1, 0.15) is 22.2 Å². The molecule has 0 aliphatic heterocycles. The number of hydrogen-bond acceptors (Lipinski definition) is 4. The predicted molar refractivity (Wildman–Crippen MR) is 73.2 cm³/mol. The van der Waals surface area contributed by atoms with Gasteiger partial charge in [-0.2, -0.15) is 5.10 Å². The Hall–Kier alpha value is -1.72. The number of nitrogens with zero attached hydrogens (tertiary/aromatic N) is 2. The molecular formula is C12H10ClN3OS. The Kier molecular flexibility index (Phi) is 4.07. The van der Waals surface area contributed by atoms with Gasteiger partial charge in [-0.1, -0.05) is 11.6 Å². The zero-order valence-electron chi connectivity index (χ0n) is 9.55. The Morgan fingerprint density at radius 2 is 2.06 bits per heavy atom. The van der Waals surface area contributed by atoms with Gasteiger partial charge in [0.1, 0.15) is 0 Å². The van der Waals surface area contributed by atoms with Crippen molar-refractivity contribution in [3.63, 3.8) is 0 Å². The Balaban J connectivity index is 2.05. The molecule has 0 saturated heterocycles. The van der Waals surface area contributed by atoms with Crippen LogP contribution in [0.5, 0.6) is 0 Å². The number of hydrogen-bond donors (Lipinski definition) is 1. The lowest BCUT2D eigenvalue weighted by molar-refractivity contribution is 0.0954.